The number of carboxylic acid groups (broad SMARTS) is 1. The summed E-state index contributed by atoms with van der Waals surface area (Å²) in [5, 5.41) is 9.42. The minimum atomic E-state index is -0.884. The number of hydrogen-bond acceptors (Lipinski definition) is 3. The van der Waals surface area contributed by atoms with Gasteiger partial charge in [-0.15, -0.1) is 0 Å². The summed E-state index contributed by atoms with van der Waals surface area (Å²) in [5.74, 6) is -0.834. The van der Waals surface area contributed by atoms with Gasteiger partial charge in [-0.3, -0.25) is 14.5 Å². The molecule has 0 spiro atoms. The lowest BCUT2D eigenvalue weighted by atomic mass is 9.79. The van der Waals surface area contributed by atoms with Gasteiger partial charge in [0, 0.05) is 38.6 Å². The Kier molecular flexibility index (Phi) is 4.68. The third kappa shape index (κ3) is 3.14. The van der Waals surface area contributed by atoms with Crippen LogP contribution in [0.3, 0.4) is 0 Å². The summed E-state index contributed by atoms with van der Waals surface area (Å²) in [4.78, 5) is 28.1. The molecule has 1 saturated carbocycles. The minimum absolute atomic E-state index is 0.00606. The van der Waals surface area contributed by atoms with Crippen LogP contribution in [0.1, 0.15) is 46.0 Å². The molecule has 20 heavy (non-hydrogen) atoms. The van der Waals surface area contributed by atoms with Crippen LogP contribution in [0.15, 0.2) is 0 Å². The van der Waals surface area contributed by atoms with Crippen molar-refractivity contribution in [2.45, 2.75) is 52.0 Å². The normalized spacial score (nSPS) is 21.0. The zero-order valence-electron chi connectivity index (χ0n) is 12.6. The van der Waals surface area contributed by atoms with Gasteiger partial charge >= 0.3 is 5.97 Å². The van der Waals surface area contributed by atoms with Crippen LogP contribution >= 0.6 is 0 Å². The van der Waals surface area contributed by atoms with Crippen molar-refractivity contribution in [3.63, 3.8) is 0 Å². The Morgan fingerprint density at radius 3 is 2.05 bits per heavy atom. The third-order valence-corrected chi connectivity index (χ3v) is 5.03. The number of carbonyl (C=O) groups is 2. The highest BCUT2D eigenvalue weighted by Crippen LogP contribution is 2.32. The van der Waals surface area contributed by atoms with Crippen molar-refractivity contribution in [3.05, 3.63) is 0 Å². The summed E-state index contributed by atoms with van der Waals surface area (Å²) in [6.45, 7) is 7.09. The van der Waals surface area contributed by atoms with Gasteiger partial charge in [-0.2, -0.15) is 0 Å². The summed E-state index contributed by atoms with van der Waals surface area (Å²) in [7, 11) is 0. The van der Waals surface area contributed by atoms with Crippen LogP contribution in [-0.4, -0.2) is 59.0 Å². The maximum Gasteiger partial charge on any atom is 0.310 e. The standard InChI is InChI=1S/C15H26N2O3/c1-3-15(4-2,14(19)20)11-13(18)17-9-7-16(8-10-17)12-5-6-12/h12H,3-11H2,1-2H3,(H,19,20). The van der Waals surface area contributed by atoms with Crippen molar-refractivity contribution < 1.29 is 14.7 Å². The molecule has 2 aliphatic rings. The van der Waals surface area contributed by atoms with Crippen LogP contribution in [0.4, 0.5) is 0 Å². The molecule has 1 aliphatic heterocycles. The second-order valence-corrected chi connectivity index (χ2v) is 6.12. The Labute approximate surface area is 120 Å². The molecule has 0 aromatic rings. The monoisotopic (exact) mass is 282 g/mol. The fraction of sp³-hybridized carbons (Fsp3) is 0.867. The van der Waals surface area contributed by atoms with Gasteiger partial charge in [0.05, 0.1) is 5.41 Å². The van der Waals surface area contributed by atoms with Crippen LogP contribution < -0.4 is 0 Å². The lowest BCUT2D eigenvalue weighted by Crippen LogP contribution is -2.50. The Morgan fingerprint density at radius 1 is 1.10 bits per heavy atom. The van der Waals surface area contributed by atoms with Gasteiger partial charge in [0.1, 0.15) is 0 Å². The van der Waals surface area contributed by atoms with E-state index in [9.17, 15) is 14.7 Å². The van der Waals surface area contributed by atoms with Gasteiger partial charge in [-0.05, 0) is 25.7 Å². The number of carboxylic acids is 1. The van der Waals surface area contributed by atoms with Crippen LogP contribution in [-0.2, 0) is 9.59 Å². The molecule has 1 saturated heterocycles. The van der Waals surface area contributed by atoms with E-state index in [1.54, 1.807) is 0 Å². The number of carbonyl (C=O) groups excluding carboxylic acids is 1. The summed E-state index contributed by atoms with van der Waals surface area (Å²) in [6.07, 6.45) is 3.74. The van der Waals surface area contributed by atoms with Crippen LogP contribution in [0.2, 0.25) is 0 Å². The molecule has 1 amide bonds. The smallest absolute Gasteiger partial charge is 0.310 e. The molecule has 0 aromatic carbocycles. The molecule has 114 valence electrons. The maximum absolute atomic E-state index is 12.4. The van der Waals surface area contributed by atoms with E-state index in [2.05, 4.69) is 4.90 Å². The number of amides is 1. The Bertz CT molecular complexity index is 367. The van der Waals surface area contributed by atoms with E-state index in [0.29, 0.717) is 12.8 Å². The molecule has 2 rings (SSSR count). The van der Waals surface area contributed by atoms with Crippen molar-refractivity contribution in [1.29, 1.82) is 0 Å². The first-order chi connectivity index (χ1) is 9.52. The summed E-state index contributed by atoms with van der Waals surface area (Å²) < 4.78 is 0. The fourth-order valence-electron chi connectivity index (χ4n) is 3.06. The molecular formula is C15H26N2O3. The molecule has 0 atom stereocenters. The highest BCUT2D eigenvalue weighted by molar-refractivity contribution is 5.85. The average molecular weight is 282 g/mol. The number of aliphatic carboxylic acids is 1. The molecule has 1 aliphatic carbocycles. The third-order valence-electron chi connectivity index (χ3n) is 5.03. The van der Waals surface area contributed by atoms with Crippen LogP contribution in [0.5, 0.6) is 0 Å². The molecular weight excluding hydrogens is 256 g/mol. The SMILES string of the molecule is CCC(CC)(CC(=O)N1CCN(C2CC2)CC1)C(=O)O. The van der Waals surface area contributed by atoms with E-state index >= 15 is 0 Å². The molecule has 0 unspecified atom stereocenters. The van der Waals surface area contributed by atoms with Gasteiger partial charge in [0.25, 0.3) is 0 Å². The van der Waals surface area contributed by atoms with E-state index in [1.165, 1.54) is 12.8 Å². The molecule has 1 heterocycles. The molecule has 0 aromatic heterocycles. The minimum Gasteiger partial charge on any atom is -0.481 e. The molecule has 5 heteroatoms. The maximum atomic E-state index is 12.4. The van der Waals surface area contributed by atoms with E-state index in [-0.39, 0.29) is 12.3 Å². The molecule has 5 nitrogen and oxygen atoms in total. The number of nitrogens with zero attached hydrogens (tertiary/aromatic N) is 2. The van der Waals surface area contributed by atoms with Gasteiger partial charge in [-0.25, -0.2) is 0 Å². The molecule has 0 radical (unpaired) electrons. The zero-order chi connectivity index (χ0) is 14.8. The van der Waals surface area contributed by atoms with Crippen molar-refractivity contribution in [1.82, 2.24) is 9.80 Å². The van der Waals surface area contributed by atoms with Gasteiger partial charge in [-0.1, -0.05) is 13.8 Å². The first kappa shape index (κ1) is 15.3. The van der Waals surface area contributed by atoms with Crippen LogP contribution in [0.25, 0.3) is 0 Å². The second-order valence-electron chi connectivity index (χ2n) is 6.12. The number of rotatable bonds is 6. The summed E-state index contributed by atoms with van der Waals surface area (Å²) in [5.41, 5.74) is -0.884. The lowest BCUT2D eigenvalue weighted by Gasteiger charge is -2.36. The van der Waals surface area contributed by atoms with E-state index < -0.39 is 11.4 Å². The predicted octanol–water partition coefficient (Wildman–Crippen LogP) is 1.57. The van der Waals surface area contributed by atoms with Gasteiger partial charge in [0.2, 0.25) is 5.91 Å². The van der Waals surface area contributed by atoms with Gasteiger partial charge < -0.3 is 10.0 Å². The van der Waals surface area contributed by atoms with Crippen molar-refractivity contribution in [2.75, 3.05) is 26.2 Å². The Hall–Kier alpha value is -1.10. The fourth-order valence-corrected chi connectivity index (χ4v) is 3.06. The number of hydrogen-bond donors (Lipinski definition) is 1. The topological polar surface area (TPSA) is 60.9 Å². The summed E-state index contributed by atoms with van der Waals surface area (Å²) >= 11 is 0. The first-order valence-corrected chi connectivity index (χ1v) is 7.77. The van der Waals surface area contributed by atoms with Crippen molar-refractivity contribution in [3.8, 4) is 0 Å². The van der Waals surface area contributed by atoms with Gasteiger partial charge in [0.15, 0.2) is 0 Å². The second kappa shape index (κ2) is 6.12. The Morgan fingerprint density at radius 2 is 1.65 bits per heavy atom. The highest BCUT2D eigenvalue weighted by atomic mass is 16.4. The van der Waals surface area contributed by atoms with Crippen molar-refractivity contribution in [2.24, 2.45) is 5.41 Å². The number of piperazine rings is 1. The largest absolute Gasteiger partial charge is 0.481 e. The molecule has 1 N–H and O–H groups in total. The lowest BCUT2D eigenvalue weighted by molar-refractivity contribution is -0.154. The van der Waals surface area contributed by atoms with Crippen molar-refractivity contribution >= 4 is 11.9 Å². The zero-order valence-corrected chi connectivity index (χ0v) is 12.6. The van der Waals surface area contributed by atoms with Crippen LogP contribution in [0, 0.1) is 5.41 Å². The average Bonchev–Trinajstić information content (AvgIpc) is 3.29. The first-order valence-electron chi connectivity index (χ1n) is 7.77. The van der Waals surface area contributed by atoms with E-state index in [0.717, 1.165) is 32.2 Å². The molecule has 2 fully saturated rings. The van der Waals surface area contributed by atoms with E-state index in [4.69, 9.17) is 0 Å². The Balaban J connectivity index is 1.89. The summed E-state index contributed by atoms with van der Waals surface area (Å²) in [6, 6.07) is 0.747. The quantitative estimate of drug-likeness (QED) is 0.803. The molecule has 0 bridgehead atoms. The van der Waals surface area contributed by atoms with E-state index in [1.807, 2.05) is 18.7 Å². The predicted molar refractivity (Wildman–Crippen MR) is 76.4 cm³/mol. The highest BCUT2D eigenvalue weighted by Gasteiger charge is 2.39.